The first-order valence-electron chi connectivity index (χ1n) is 8.81. The average Bonchev–Trinajstić information content (AvgIpc) is 3.41. The number of aromatic nitrogens is 4. The van der Waals surface area contributed by atoms with Crippen molar-refractivity contribution in [3.63, 3.8) is 0 Å². The molecule has 1 aliphatic heterocycles. The average molecular weight is 379 g/mol. The molecule has 8 heteroatoms. The first-order chi connectivity index (χ1) is 13.1. The number of nitrogens with two attached hydrogens (primary N) is 1. The quantitative estimate of drug-likeness (QED) is 0.587. The van der Waals surface area contributed by atoms with E-state index in [1.165, 1.54) is 11.3 Å². The zero-order valence-corrected chi connectivity index (χ0v) is 15.5. The van der Waals surface area contributed by atoms with E-state index in [1.54, 1.807) is 4.57 Å². The Bertz CT molecular complexity index is 1210. The van der Waals surface area contributed by atoms with Gasteiger partial charge in [-0.3, -0.25) is 9.36 Å². The molecule has 0 aliphatic carbocycles. The molecule has 0 radical (unpaired) electrons. The van der Waals surface area contributed by atoms with Gasteiger partial charge in [0.2, 0.25) is 0 Å². The third-order valence-corrected chi connectivity index (χ3v) is 6.16. The molecule has 1 atom stereocenters. The lowest BCUT2D eigenvalue weighted by Crippen LogP contribution is -2.20. The number of fused-ring (bicyclic) bond motifs is 2. The van der Waals surface area contributed by atoms with E-state index in [1.807, 2.05) is 37.3 Å². The fraction of sp³-hybridized carbons (Fsp3) is 0.263. The van der Waals surface area contributed by atoms with Crippen molar-refractivity contribution >= 4 is 21.6 Å². The normalized spacial score (nSPS) is 14.6. The topological polar surface area (TPSA) is 99.8 Å². The number of aryl methyl sites for hydroxylation is 2. The molecule has 0 bridgehead atoms. The second-order valence-electron chi connectivity index (χ2n) is 6.67. The second kappa shape index (κ2) is 6.11. The lowest BCUT2D eigenvalue weighted by molar-refractivity contribution is 0.420. The van der Waals surface area contributed by atoms with E-state index in [9.17, 15) is 4.79 Å². The first kappa shape index (κ1) is 16.3. The SMILES string of the molecule is Cc1c(-c2nc(C(N)c3ccccc3)no2)sc2nc3n(c(=O)c12)CCC3. The van der Waals surface area contributed by atoms with Gasteiger partial charge < -0.3 is 10.3 Å². The molecule has 3 aromatic heterocycles. The summed E-state index contributed by atoms with van der Waals surface area (Å²) >= 11 is 1.42. The van der Waals surface area contributed by atoms with Crippen LogP contribution >= 0.6 is 11.3 Å². The van der Waals surface area contributed by atoms with Crippen LogP contribution in [0, 0.1) is 6.92 Å². The van der Waals surface area contributed by atoms with Crippen molar-refractivity contribution in [2.75, 3.05) is 0 Å². The highest BCUT2D eigenvalue weighted by Crippen LogP contribution is 2.36. The molecule has 0 saturated heterocycles. The molecule has 1 aromatic carbocycles. The summed E-state index contributed by atoms with van der Waals surface area (Å²) < 4.78 is 7.25. The van der Waals surface area contributed by atoms with E-state index in [0.717, 1.165) is 46.0 Å². The Balaban J connectivity index is 1.59. The van der Waals surface area contributed by atoms with E-state index in [-0.39, 0.29) is 5.56 Å². The molecule has 0 spiro atoms. The first-order valence-corrected chi connectivity index (χ1v) is 9.62. The van der Waals surface area contributed by atoms with Crippen LogP contribution in [0.15, 0.2) is 39.6 Å². The summed E-state index contributed by atoms with van der Waals surface area (Å²) in [5.74, 6) is 1.65. The molecule has 27 heavy (non-hydrogen) atoms. The Labute approximate surface area is 158 Å². The third-order valence-electron chi connectivity index (χ3n) is 4.98. The van der Waals surface area contributed by atoms with Crippen LogP contribution in [0.1, 0.15) is 35.2 Å². The van der Waals surface area contributed by atoms with Gasteiger partial charge in [0.05, 0.1) is 16.3 Å². The lowest BCUT2D eigenvalue weighted by atomic mass is 10.1. The summed E-state index contributed by atoms with van der Waals surface area (Å²) in [6.45, 7) is 2.64. The number of hydrogen-bond donors (Lipinski definition) is 1. The van der Waals surface area contributed by atoms with Gasteiger partial charge in [-0.05, 0) is 24.5 Å². The van der Waals surface area contributed by atoms with Crippen LogP contribution in [0.2, 0.25) is 0 Å². The zero-order valence-electron chi connectivity index (χ0n) is 14.7. The highest BCUT2D eigenvalue weighted by Gasteiger charge is 2.24. The van der Waals surface area contributed by atoms with Gasteiger partial charge in [0.15, 0.2) is 5.82 Å². The van der Waals surface area contributed by atoms with Gasteiger partial charge >= 0.3 is 0 Å². The summed E-state index contributed by atoms with van der Waals surface area (Å²) in [7, 11) is 0. The monoisotopic (exact) mass is 379 g/mol. The Morgan fingerprint density at radius 2 is 2.07 bits per heavy atom. The predicted molar refractivity (Wildman–Crippen MR) is 103 cm³/mol. The summed E-state index contributed by atoms with van der Waals surface area (Å²) in [4.78, 5) is 23.5. The molecular weight excluding hydrogens is 362 g/mol. The number of hydrogen-bond acceptors (Lipinski definition) is 7. The van der Waals surface area contributed by atoms with Crippen molar-refractivity contribution in [2.24, 2.45) is 5.73 Å². The van der Waals surface area contributed by atoms with Crippen LogP contribution in [-0.2, 0) is 13.0 Å². The second-order valence-corrected chi connectivity index (χ2v) is 7.67. The summed E-state index contributed by atoms with van der Waals surface area (Å²) in [5, 5.41) is 4.70. The summed E-state index contributed by atoms with van der Waals surface area (Å²) in [6, 6.07) is 9.16. The van der Waals surface area contributed by atoms with Gasteiger partial charge in [-0.2, -0.15) is 4.98 Å². The van der Waals surface area contributed by atoms with Crippen LogP contribution in [0.5, 0.6) is 0 Å². The zero-order chi connectivity index (χ0) is 18.5. The molecule has 1 aliphatic rings. The molecule has 1 unspecified atom stereocenters. The molecule has 136 valence electrons. The maximum absolute atomic E-state index is 12.8. The van der Waals surface area contributed by atoms with E-state index >= 15 is 0 Å². The van der Waals surface area contributed by atoms with E-state index in [4.69, 9.17) is 10.3 Å². The van der Waals surface area contributed by atoms with Crippen molar-refractivity contribution in [2.45, 2.75) is 32.4 Å². The van der Waals surface area contributed by atoms with Crippen molar-refractivity contribution in [3.8, 4) is 10.8 Å². The Morgan fingerprint density at radius 1 is 1.26 bits per heavy atom. The third kappa shape index (κ3) is 2.52. The Morgan fingerprint density at radius 3 is 2.89 bits per heavy atom. The molecule has 7 nitrogen and oxygen atoms in total. The number of rotatable bonds is 3. The van der Waals surface area contributed by atoms with Crippen molar-refractivity contribution in [1.29, 1.82) is 0 Å². The molecular formula is C19H17N5O2S. The van der Waals surface area contributed by atoms with Crippen LogP contribution in [-0.4, -0.2) is 19.7 Å². The molecule has 0 saturated carbocycles. The van der Waals surface area contributed by atoms with Crippen LogP contribution in [0.4, 0.5) is 0 Å². The largest absolute Gasteiger partial charge is 0.333 e. The van der Waals surface area contributed by atoms with Gasteiger partial charge in [-0.25, -0.2) is 4.98 Å². The number of thiophene rings is 1. The molecule has 0 fully saturated rings. The molecule has 4 heterocycles. The van der Waals surface area contributed by atoms with Crippen molar-refractivity contribution in [3.05, 3.63) is 63.5 Å². The Hall–Kier alpha value is -2.84. The molecule has 2 N–H and O–H groups in total. The van der Waals surface area contributed by atoms with E-state index < -0.39 is 6.04 Å². The fourth-order valence-corrected chi connectivity index (χ4v) is 4.65. The lowest BCUT2D eigenvalue weighted by Gasteiger charge is -2.05. The maximum atomic E-state index is 12.8. The van der Waals surface area contributed by atoms with E-state index in [2.05, 4.69) is 15.1 Å². The summed E-state index contributed by atoms with van der Waals surface area (Å²) in [5.41, 5.74) is 8.03. The van der Waals surface area contributed by atoms with Crippen molar-refractivity contribution < 1.29 is 4.52 Å². The van der Waals surface area contributed by atoms with Gasteiger partial charge in [0.25, 0.3) is 11.4 Å². The van der Waals surface area contributed by atoms with Gasteiger partial charge in [-0.15, -0.1) is 11.3 Å². The van der Waals surface area contributed by atoms with Crippen LogP contribution in [0.25, 0.3) is 21.0 Å². The standard InChI is InChI=1S/C19H17N5O2S/c1-10-13-18(21-12-8-5-9-24(12)19(13)25)27-15(10)17-22-16(23-26-17)14(20)11-6-3-2-4-7-11/h2-4,6-7,14H,5,8-9,20H2,1H3. The number of benzene rings is 1. The molecule has 5 rings (SSSR count). The van der Waals surface area contributed by atoms with Gasteiger partial charge in [-0.1, -0.05) is 35.5 Å². The Kier molecular flexibility index (Phi) is 3.70. The van der Waals surface area contributed by atoms with Crippen LogP contribution < -0.4 is 11.3 Å². The minimum atomic E-state index is -0.467. The van der Waals surface area contributed by atoms with Gasteiger partial charge in [0.1, 0.15) is 10.7 Å². The highest BCUT2D eigenvalue weighted by atomic mass is 32.1. The van der Waals surface area contributed by atoms with Gasteiger partial charge in [0, 0.05) is 13.0 Å². The van der Waals surface area contributed by atoms with Crippen molar-refractivity contribution in [1.82, 2.24) is 19.7 Å². The molecule has 0 amide bonds. The van der Waals surface area contributed by atoms with Crippen LogP contribution in [0.3, 0.4) is 0 Å². The fourth-order valence-electron chi connectivity index (χ4n) is 3.54. The highest BCUT2D eigenvalue weighted by molar-refractivity contribution is 7.22. The maximum Gasteiger partial charge on any atom is 0.268 e. The minimum absolute atomic E-state index is 0.0215. The smallest absolute Gasteiger partial charge is 0.268 e. The van der Waals surface area contributed by atoms with E-state index in [0.29, 0.717) is 17.1 Å². The number of nitrogens with zero attached hydrogens (tertiary/aromatic N) is 4. The minimum Gasteiger partial charge on any atom is -0.333 e. The molecule has 4 aromatic rings. The summed E-state index contributed by atoms with van der Waals surface area (Å²) in [6.07, 6.45) is 1.81. The predicted octanol–water partition coefficient (Wildman–Crippen LogP) is 2.81.